The van der Waals surface area contributed by atoms with E-state index in [9.17, 15) is 4.79 Å². The van der Waals surface area contributed by atoms with Crippen molar-refractivity contribution in [1.29, 1.82) is 0 Å². The molecule has 1 aliphatic heterocycles. The van der Waals surface area contributed by atoms with Crippen molar-refractivity contribution in [2.75, 3.05) is 26.2 Å². The Balaban J connectivity index is 0.00000225. The standard InChI is InChI=1S/C11H22N2O2.ClH/c1-2-6-12-7-8-13-11(14)10-5-3-4-9-15-10;/h10,12H,2-9H2,1H3,(H,13,14);1H. The van der Waals surface area contributed by atoms with Crippen molar-refractivity contribution in [3.63, 3.8) is 0 Å². The van der Waals surface area contributed by atoms with Gasteiger partial charge < -0.3 is 15.4 Å². The van der Waals surface area contributed by atoms with Crippen LogP contribution in [0.4, 0.5) is 0 Å². The molecule has 1 rings (SSSR count). The van der Waals surface area contributed by atoms with Crippen LogP contribution in [0.15, 0.2) is 0 Å². The first-order valence-electron chi connectivity index (χ1n) is 5.94. The molecular formula is C11H23ClN2O2. The molecule has 0 radical (unpaired) electrons. The average molecular weight is 251 g/mol. The predicted octanol–water partition coefficient (Wildman–Crippen LogP) is 1.09. The third-order valence-electron chi connectivity index (χ3n) is 2.50. The van der Waals surface area contributed by atoms with Crippen LogP contribution in [0.5, 0.6) is 0 Å². The molecule has 1 fully saturated rings. The number of amides is 1. The topological polar surface area (TPSA) is 50.4 Å². The maximum atomic E-state index is 11.6. The maximum Gasteiger partial charge on any atom is 0.249 e. The minimum atomic E-state index is -0.204. The van der Waals surface area contributed by atoms with Gasteiger partial charge in [0.05, 0.1) is 0 Å². The summed E-state index contributed by atoms with van der Waals surface area (Å²) in [6.45, 7) is 5.40. The third kappa shape index (κ3) is 6.30. The van der Waals surface area contributed by atoms with E-state index in [1.165, 1.54) is 0 Å². The summed E-state index contributed by atoms with van der Waals surface area (Å²) in [6.07, 6.45) is 3.98. The molecule has 1 heterocycles. The number of carbonyl (C=O) groups excluding carboxylic acids is 1. The Labute approximate surface area is 104 Å². The predicted molar refractivity (Wildman–Crippen MR) is 67.0 cm³/mol. The molecule has 2 N–H and O–H groups in total. The van der Waals surface area contributed by atoms with Crippen molar-refractivity contribution in [3.05, 3.63) is 0 Å². The molecule has 0 aromatic heterocycles. The van der Waals surface area contributed by atoms with Gasteiger partial charge in [-0.3, -0.25) is 4.79 Å². The Hall–Kier alpha value is -0.320. The Morgan fingerprint density at radius 3 is 2.75 bits per heavy atom. The quantitative estimate of drug-likeness (QED) is 0.694. The van der Waals surface area contributed by atoms with Gasteiger partial charge in [0, 0.05) is 19.7 Å². The van der Waals surface area contributed by atoms with Crippen molar-refractivity contribution in [3.8, 4) is 0 Å². The van der Waals surface area contributed by atoms with Crippen LogP contribution in [0.25, 0.3) is 0 Å². The highest BCUT2D eigenvalue weighted by Gasteiger charge is 2.20. The van der Waals surface area contributed by atoms with Crippen LogP contribution in [0, 0.1) is 0 Å². The molecule has 0 bridgehead atoms. The summed E-state index contributed by atoms with van der Waals surface area (Å²) in [6, 6.07) is 0. The molecule has 0 saturated carbocycles. The van der Waals surface area contributed by atoms with Gasteiger partial charge in [0.15, 0.2) is 0 Å². The molecule has 1 aliphatic rings. The number of hydrogen-bond acceptors (Lipinski definition) is 3. The number of ether oxygens (including phenoxy) is 1. The molecule has 0 aromatic rings. The molecule has 0 spiro atoms. The number of nitrogens with one attached hydrogen (secondary N) is 2. The lowest BCUT2D eigenvalue weighted by molar-refractivity contribution is -0.135. The summed E-state index contributed by atoms with van der Waals surface area (Å²) in [4.78, 5) is 11.6. The van der Waals surface area contributed by atoms with Gasteiger partial charge in [-0.05, 0) is 32.2 Å². The molecule has 1 unspecified atom stereocenters. The molecule has 0 aromatic carbocycles. The molecule has 0 aliphatic carbocycles. The second kappa shape index (κ2) is 9.87. The SMILES string of the molecule is CCCNCCNC(=O)C1CCCCO1.Cl. The fraction of sp³-hybridized carbons (Fsp3) is 0.909. The van der Waals surface area contributed by atoms with Crippen LogP contribution in [0.2, 0.25) is 0 Å². The van der Waals surface area contributed by atoms with Crippen molar-refractivity contribution >= 4 is 18.3 Å². The first-order chi connectivity index (χ1) is 7.34. The van der Waals surface area contributed by atoms with E-state index in [1.807, 2.05) is 0 Å². The summed E-state index contributed by atoms with van der Waals surface area (Å²) in [5.74, 6) is 0.0491. The summed E-state index contributed by atoms with van der Waals surface area (Å²) in [5.41, 5.74) is 0. The number of carbonyl (C=O) groups is 1. The first kappa shape index (κ1) is 15.7. The van der Waals surface area contributed by atoms with Crippen LogP contribution in [0.1, 0.15) is 32.6 Å². The van der Waals surface area contributed by atoms with Crippen molar-refractivity contribution in [2.24, 2.45) is 0 Å². The van der Waals surface area contributed by atoms with E-state index in [1.54, 1.807) is 0 Å². The first-order valence-corrected chi connectivity index (χ1v) is 5.94. The highest BCUT2D eigenvalue weighted by Crippen LogP contribution is 2.12. The minimum absolute atomic E-state index is 0. The molecule has 1 atom stereocenters. The number of halogens is 1. The Bertz CT molecular complexity index is 185. The second-order valence-electron chi connectivity index (χ2n) is 3.90. The van der Waals surface area contributed by atoms with E-state index in [2.05, 4.69) is 17.6 Å². The van der Waals surface area contributed by atoms with Gasteiger partial charge in [0.25, 0.3) is 0 Å². The molecule has 1 saturated heterocycles. The largest absolute Gasteiger partial charge is 0.368 e. The zero-order chi connectivity index (χ0) is 10.9. The van der Waals surface area contributed by atoms with E-state index < -0.39 is 0 Å². The zero-order valence-corrected chi connectivity index (χ0v) is 10.8. The van der Waals surface area contributed by atoms with Crippen molar-refractivity contribution < 1.29 is 9.53 Å². The minimum Gasteiger partial charge on any atom is -0.368 e. The van der Waals surface area contributed by atoms with Crippen LogP contribution in [0.3, 0.4) is 0 Å². The van der Waals surface area contributed by atoms with Crippen LogP contribution in [-0.2, 0) is 9.53 Å². The van der Waals surface area contributed by atoms with Crippen LogP contribution in [-0.4, -0.2) is 38.3 Å². The number of hydrogen-bond donors (Lipinski definition) is 2. The van der Waals surface area contributed by atoms with Gasteiger partial charge in [0.1, 0.15) is 6.10 Å². The molecule has 5 heteroatoms. The van der Waals surface area contributed by atoms with Crippen molar-refractivity contribution in [2.45, 2.75) is 38.7 Å². The normalized spacial score (nSPS) is 19.9. The lowest BCUT2D eigenvalue weighted by Gasteiger charge is -2.21. The van der Waals surface area contributed by atoms with Gasteiger partial charge in [-0.1, -0.05) is 6.92 Å². The van der Waals surface area contributed by atoms with E-state index in [-0.39, 0.29) is 24.4 Å². The maximum absolute atomic E-state index is 11.6. The van der Waals surface area contributed by atoms with E-state index >= 15 is 0 Å². The van der Waals surface area contributed by atoms with Gasteiger partial charge >= 0.3 is 0 Å². The molecule has 96 valence electrons. The summed E-state index contributed by atoms with van der Waals surface area (Å²) in [7, 11) is 0. The highest BCUT2D eigenvalue weighted by molar-refractivity contribution is 5.85. The number of rotatable bonds is 6. The van der Waals surface area contributed by atoms with Crippen molar-refractivity contribution in [1.82, 2.24) is 10.6 Å². The monoisotopic (exact) mass is 250 g/mol. The van der Waals surface area contributed by atoms with Crippen LogP contribution < -0.4 is 10.6 Å². The van der Waals surface area contributed by atoms with Gasteiger partial charge in [0.2, 0.25) is 5.91 Å². The van der Waals surface area contributed by atoms with Gasteiger partial charge in [-0.25, -0.2) is 0 Å². The molecule has 16 heavy (non-hydrogen) atoms. The second-order valence-corrected chi connectivity index (χ2v) is 3.90. The fourth-order valence-corrected chi connectivity index (χ4v) is 1.64. The molecule has 1 amide bonds. The van der Waals surface area contributed by atoms with Gasteiger partial charge in [-0.2, -0.15) is 0 Å². The Kier molecular flexibility index (Phi) is 9.68. The summed E-state index contributed by atoms with van der Waals surface area (Å²) >= 11 is 0. The van der Waals surface area contributed by atoms with E-state index in [4.69, 9.17) is 4.74 Å². The Morgan fingerprint density at radius 1 is 1.31 bits per heavy atom. The fourth-order valence-electron chi connectivity index (χ4n) is 1.64. The van der Waals surface area contributed by atoms with Gasteiger partial charge in [-0.15, -0.1) is 12.4 Å². The molecular weight excluding hydrogens is 228 g/mol. The highest BCUT2D eigenvalue weighted by atomic mass is 35.5. The zero-order valence-electron chi connectivity index (χ0n) is 9.96. The van der Waals surface area contributed by atoms with Crippen LogP contribution >= 0.6 is 12.4 Å². The summed E-state index contributed by atoms with van der Waals surface area (Å²) in [5, 5.41) is 6.12. The third-order valence-corrected chi connectivity index (χ3v) is 2.50. The summed E-state index contributed by atoms with van der Waals surface area (Å²) < 4.78 is 5.39. The lowest BCUT2D eigenvalue weighted by atomic mass is 10.1. The average Bonchev–Trinajstić information content (AvgIpc) is 2.30. The molecule has 4 nitrogen and oxygen atoms in total. The lowest BCUT2D eigenvalue weighted by Crippen LogP contribution is -2.41. The van der Waals surface area contributed by atoms with E-state index in [0.29, 0.717) is 6.54 Å². The smallest absolute Gasteiger partial charge is 0.249 e. The van der Waals surface area contributed by atoms with E-state index in [0.717, 1.165) is 45.4 Å². The Morgan fingerprint density at radius 2 is 2.12 bits per heavy atom.